The maximum Gasteiger partial charge on any atom is 0.222 e. The molecule has 1 aromatic heterocycles. The van der Waals surface area contributed by atoms with Crippen LogP contribution in [0.5, 0.6) is 5.75 Å². The number of amides is 1. The zero-order valence-electron chi connectivity index (χ0n) is 18.4. The first-order valence-corrected chi connectivity index (χ1v) is 11.5. The van der Waals surface area contributed by atoms with E-state index in [0.29, 0.717) is 11.6 Å². The molecule has 0 saturated heterocycles. The number of carbonyl (C=O) groups is 1. The topological polar surface area (TPSA) is 56.2 Å². The normalized spacial score (nSPS) is 11.2. The van der Waals surface area contributed by atoms with Gasteiger partial charge in [-0.2, -0.15) is 0 Å². The van der Waals surface area contributed by atoms with Crippen molar-refractivity contribution in [1.29, 1.82) is 0 Å². The third kappa shape index (κ3) is 7.00. The Labute approximate surface area is 189 Å². The van der Waals surface area contributed by atoms with Crippen molar-refractivity contribution in [2.24, 2.45) is 5.92 Å². The number of fused-ring (bicyclic) bond motifs is 1. The summed E-state index contributed by atoms with van der Waals surface area (Å²) in [5.41, 5.74) is 2.22. The van der Waals surface area contributed by atoms with E-state index in [0.717, 1.165) is 62.3 Å². The van der Waals surface area contributed by atoms with Crippen molar-refractivity contribution in [3.63, 3.8) is 0 Å². The van der Waals surface area contributed by atoms with Crippen LogP contribution in [0.3, 0.4) is 0 Å². The van der Waals surface area contributed by atoms with Crippen molar-refractivity contribution in [1.82, 2.24) is 14.9 Å². The van der Waals surface area contributed by atoms with Gasteiger partial charge in [-0.15, -0.1) is 0 Å². The lowest BCUT2D eigenvalue weighted by Gasteiger charge is -2.11. The van der Waals surface area contributed by atoms with Crippen LogP contribution in [0.25, 0.3) is 11.0 Å². The Hall–Kier alpha value is -2.53. The number of hydrogen-bond acceptors (Lipinski definition) is 3. The van der Waals surface area contributed by atoms with Gasteiger partial charge in [0.25, 0.3) is 0 Å². The van der Waals surface area contributed by atoms with Gasteiger partial charge in [0.2, 0.25) is 5.91 Å². The number of para-hydroxylation sites is 2. The van der Waals surface area contributed by atoms with Gasteiger partial charge in [0.05, 0.1) is 17.6 Å². The molecule has 3 rings (SSSR count). The average Bonchev–Trinajstić information content (AvgIpc) is 3.12. The van der Waals surface area contributed by atoms with Gasteiger partial charge in [-0.1, -0.05) is 44.0 Å². The highest BCUT2D eigenvalue weighted by molar-refractivity contribution is 6.30. The molecule has 0 aliphatic rings. The molecule has 0 radical (unpaired) electrons. The molecule has 1 amide bonds. The van der Waals surface area contributed by atoms with Crippen LogP contribution < -0.4 is 10.1 Å². The molecule has 0 atom stereocenters. The Morgan fingerprint density at radius 3 is 2.61 bits per heavy atom. The number of benzene rings is 2. The summed E-state index contributed by atoms with van der Waals surface area (Å²) in [6.45, 7) is 6.09. The summed E-state index contributed by atoms with van der Waals surface area (Å²) in [5, 5.41) is 3.70. The summed E-state index contributed by atoms with van der Waals surface area (Å²) in [6, 6.07) is 15.8. The van der Waals surface area contributed by atoms with Gasteiger partial charge in [0, 0.05) is 30.5 Å². The molecule has 0 saturated carbocycles. The number of halogens is 1. The zero-order valence-corrected chi connectivity index (χ0v) is 19.2. The molecule has 0 aliphatic heterocycles. The summed E-state index contributed by atoms with van der Waals surface area (Å²) in [4.78, 5) is 16.5. The lowest BCUT2D eigenvalue weighted by atomic mass is 10.1. The van der Waals surface area contributed by atoms with Gasteiger partial charge in [-0.3, -0.25) is 4.79 Å². The van der Waals surface area contributed by atoms with Crippen LogP contribution >= 0.6 is 11.6 Å². The van der Waals surface area contributed by atoms with Crippen molar-refractivity contribution in [3.05, 3.63) is 59.4 Å². The Morgan fingerprint density at radius 2 is 1.84 bits per heavy atom. The third-order valence-electron chi connectivity index (χ3n) is 5.24. The van der Waals surface area contributed by atoms with E-state index in [1.165, 1.54) is 5.52 Å². The first kappa shape index (κ1) is 23.1. The van der Waals surface area contributed by atoms with Crippen molar-refractivity contribution >= 4 is 28.5 Å². The molecule has 0 fully saturated rings. The molecular weight excluding hydrogens is 410 g/mol. The van der Waals surface area contributed by atoms with Crippen LogP contribution in [0, 0.1) is 5.92 Å². The van der Waals surface area contributed by atoms with E-state index in [2.05, 4.69) is 28.1 Å². The molecular formula is C25H32ClN3O2. The minimum absolute atomic E-state index is 0.0450. The van der Waals surface area contributed by atoms with Crippen molar-refractivity contribution < 1.29 is 9.53 Å². The Bertz CT molecular complexity index is 967. The molecule has 31 heavy (non-hydrogen) atoms. The van der Waals surface area contributed by atoms with Crippen LogP contribution in [-0.2, 0) is 17.8 Å². The molecule has 0 aliphatic carbocycles. The first-order valence-electron chi connectivity index (χ1n) is 11.1. The van der Waals surface area contributed by atoms with E-state index >= 15 is 0 Å². The lowest BCUT2D eigenvalue weighted by Crippen LogP contribution is -2.28. The van der Waals surface area contributed by atoms with Crippen molar-refractivity contribution in [2.75, 3.05) is 13.2 Å². The average molecular weight is 442 g/mol. The number of unbranched alkanes of at least 4 members (excludes halogenated alkanes) is 2. The summed E-state index contributed by atoms with van der Waals surface area (Å²) in [6.07, 6.45) is 4.96. The second-order valence-electron chi connectivity index (χ2n) is 8.08. The number of carbonyl (C=O) groups excluding carboxylic acids is 1. The van der Waals surface area contributed by atoms with Crippen molar-refractivity contribution in [3.8, 4) is 5.75 Å². The van der Waals surface area contributed by atoms with E-state index in [1.54, 1.807) is 0 Å². The molecule has 1 heterocycles. The number of imidazole rings is 1. The maximum absolute atomic E-state index is 11.6. The number of rotatable bonds is 12. The number of nitrogens with one attached hydrogen (secondary N) is 1. The molecule has 0 unspecified atom stereocenters. The van der Waals surface area contributed by atoms with E-state index in [4.69, 9.17) is 21.3 Å². The number of nitrogens with zero attached hydrogens (tertiary/aromatic N) is 2. The Morgan fingerprint density at radius 1 is 1.06 bits per heavy atom. The van der Waals surface area contributed by atoms with Gasteiger partial charge in [0.1, 0.15) is 11.6 Å². The lowest BCUT2D eigenvalue weighted by molar-refractivity contribution is -0.123. The van der Waals surface area contributed by atoms with Gasteiger partial charge in [0.15, 0.2) is 0 Å². The molecule has 0 spiro atoms. The molecule has 3 aromatic rings. The largest absolute Gasteiger partial charge is 0.494 e. The van der Waals surface area contributed by atoms with Crippen LogP contribution in [0.1, 0.15) is 45.4 Å². The molecule has 2 aromatic carbocycles. The number of hydrogen-bond donors (Lipinski definition) is 1. The quantitative estimate of drug-likeness (QED) is 0.370. The van der Waals surface area contributed by atoms with E-state index in [9.17, 15) is 4.79 Å². The first-order chi connectivity index (χ1) is 15.0. The van der Waals surface area contributed by atoms with Crippen LogP contribution in [0.4, 0.5) is 0 Å². The highest BCUT2D eigenvalue weighted by Gasteiger charge is 2.10. The van der Waals surface area contributed by atoms with Gasteiger partial charge in [-0.25, -0.2) is 4.98 Å². The fraction of sp³-hybridized carbons (Fsp3) is 0.440. The Kier molecular flexibility index (Phi) is 8.77. The minimum Gasteiger partial charge on any atom is -0.494 e. The minimum atomic E-state index is 0.0450. The fourth-order valence-electron chi connectivity index (χ4n) is 3.51. The maximum atomic E-state index is 11.6. The molecule has 166 valence electrons. The predicted molar refractivity (Wildman–Crippen MR) is 127 cm³/mol. The molecule has 1 N–H and O–H groups in total. The highest BCUT2D eigenvalue weighted by Crippen LogP contribution is 2.19. The third-order valence-corrected chi connectivity index (χ3v) is 5.49. The summed E-state index contributed by atoms with van der Waals surface area (Å²) >= 11 is 5.93. The van der Waals surface area contributed by atoms with Gasteiger partial charge >= 0.3 is 0 Å². The van der Waals surface area contributed by atoms with E-state index in [-0.39, 0.29) is 11.8 Å². The Balaban J connectivity index is 1.49. The summed E-state index contributed by atoms with van der Waals surface area (Å²) in [5.74, 6) is 2.13. The number of ether oxygens (including phenoxy) is 1. The summed E-state index contributed by atoms with van der Waals surface area (Å²) in [7, 11) is 0. The zero-order chi connectivity index (χ0) is 22.1. The predicted octanol–water partition coefficient (Wildman–Crippen LogP) is 5.64. The monoisotopic (exact) mass is 441 g/mol. The van der Waals surface area contributed by atoms with E-state index < -0.39 is 0 Å². The fourth-order valence-corrected chi connectivity index (χ4v) is 3.64. The van der Waals surface area contributed by atoms with Crippen LogP contribution in [-0.4, -0.2) is 28.6 Å². The van der Waals surface area contributed by atoms with Crippen molar-refractivity contribution in [2.45, 2.75) is 52.5 Å². The van der Waals surface area contributed by atoms with E-state index in [1.807, 2.05) is 44.2 Å². The van der Waals surface area contributed by atoms with Crippen LogP contribution in [0.2, 0.25) is 5.02 Å². The molecule has 5 nitrogen and oxygen atoms in total. The SMILES string of the molecule is CC(C)C(=O)NCCCCCc1nc2ccccc2n1CCCOc1ccc(Cl)cc1. The summed E-state index contributed by atoms with van der Waals surface area (Å²) < 4.78 is 8.17. The number of aryl methyl sites for hydroxylation is 2. The standard InChI is InChI=1S/C25H32ClN3O2/c1-19(2)25(30)27-16-7-3-4-11-24-28-22-9-5-6-10-23(22)29(24)17-8-18-31-21-14-12-20(26)13-15-21/h5-6,9-10,12-15,19H,3-4,7-8,11,16-18H2,1-2H3,(H,27,30). The van der Waals surface area contributed by atoms with Gasteiger partial charge in [-0.05, 0) is 55.7 Å². The molecule has 0 bridgehead atoms. The highest BCUT2D eigenvalue weighted by atomic mass is 35.5. The van der Waals surface area contributed by atoms with Crippen LogP contribution in [0.15, 0.2) is 48.5 Å². The number of aromatic nitrogens is 2. The second-order valence-corrected chi connectivity index (χ2v) is 8.52. The smallest absolute Gasteiger partial charge is 0.222 e. The molecule has 6 heteroatoms. The second kappa shape index (κ2) is 11.8. The van der Waals surface area contributed by atoms with Gasteiger partial charge < -0.3 is 14.6 Å².